The molecule has 0 heterocycles. The number of amides is 1. The number of rotatable bonds is 5. The number of hydrogen-bond donors (Lipinski definition) is 3. The Morgan fingerprint density at radius 2 is 2.09 bits per heavy atom. The summed E-state index contributed by atoms with van der Waals surface area (Å²) in [5, 5.41) is 2.32. The molecule has 0 fully saturated rings. The molecular weight excluding hydrogens is 172 g/mol. The van der Waals surface area contributed by atoms with E-state index in [0.717, 1.165) is 0 Å². The van der Waals surface area contributed by atoms with Crippen molar-refractivity contribution in [1.82, 2.24) is 5.32 Å². The van der Waals surface area contributed by atoms with Crippen LogP contribution in [0.15, 0.2) is 0 Å². The highest BCUT2D eigenvalue weighted by Crippen LogP contribution is 1.77. The molecule has 0 aliphatic rings. The minimum Gasteiger partial charge on any atom is -0.370 e. The van der Waals surface area contributed by atoms with Crippen molar-refractivity contribution < 1.29 is 17.8 Å². The minimum absolute atomic E-state index is 0.0511. The summed E-state index contributed by atoms with van der Waals surface area (Å²) in [6, 6.07) is 0. The molecule has 0 atom stereocenters. The highest BCUT2D eigenvalue weighted by Gasteiger charge is 2.02. The van der Waals surface area contributed by atoms with Crippen LogP contribution >= 0.6 is 0 Å². The van der Waals surface area contributed by atoms with Crippen molar-refractivity contribution in [2.45, 2.75) is 6.42 Å². The van der Waals surface area contributed by atoms with Crippen molar-refractivity contribution in [2.24, 2.45) is 5.73 Å². The van der Waals surface area contributed by atoms with E-state index >= 15 is 0 Å². The van der Waals surface area contributed by atoms with Crippen molar-refractivity contribution in [3.63, 3.8) is 0 Å². The first-order valence-electron chi connectivity index (χ1n) is 2.86. The lowest BCUT2D eigenvalue weighted by atomic mass is 10.4. The number of primary amides is 1. The SMILES string of the molecule is NC(=O)CCNCS(=O)(=O)O. The van der Waals surface area contributed by atoms with Gasteiger partial charge in [0.15, 0.2) is 0 Å². The van der Waals surface area contributed by atoms with Crippen LogP contribution in [-0.2, 0) is 14.9 Å². The van der Waals surface area contributed by atoms with Crippen LogP contribution in [0.5, 0.6) is 0 Å². The topological polar surface area (TPSA) is 109 Å². The van der Waals surface area contributed by atoms with Crippen molar-refractivity contribution in [1.29, 1.82) is 0 Å². The summed E-state index contributed by atoms with van der Waals surface area (Å²) >= 11 is 0. The molecule has 0 radical (unpaired) electrons. The zero-order valence-electron chi connectivity index (χ0n) is 5.78. The van der Waals surface area contributed by atoms with Crippen LogP contribution in [0.4, 0.5) is 0 Å². The summed E-state index contributed by atoms with van der Waals surface area (Å²) in [6.45, 7) is 0.148. The summed E-state index contributed by atoms with van der Waals surface area (Å²) in [6.07, 6.45) is 0.0511. The van der Waals surface area contributed by atoms with E-state index in [0.29, 0.717) is 0 Å². The third-order valence-corrected chi connectivity index (χ3v) is 1.40. The molecule has 0 saturated carbocycles. The van der Waals surface area contributed by atoms with E-state index in [1.807, 2.05) is 0 Å². The van der Waals surface area contributed by atoms with Crippen LogP contribution in [0.1, 0.15) is 6.42 Å². The molecule has 0 rings (SSSR count). The summed E-state index contributed by atoms with van der Waals surface area (Å²) in [4.78, 5) is 10.1. The molecule has 0 aromatic carbocycles. The molecule has 0 aromatic heterocycles. The Bertz CT molecular complexity index is 222. The smallest absolute Gasteiger partial charge is 0.278 e. The van der Waals surface area contributed by atoms with Crippen molar-refractivity contribution in [3.05, 3.63) is 0 Å². The molecule has 66 valence electrons. The van der Waals surface area contributed by atoms with E-state index in [9.17, 15) is 13.2 Å². The molecule has 6 nitrogen and oxygen atoms in total. The van der Waals surface area contributed by atoms with Gasteiger partial charge < -0.3 is 11.1 Å². The lowest BCUT2D eigenvalue weighted by Gasteiger charge is -1.98. The van der Waals surface area contributed by atoms with Crippen LogP contribution < -0.4 is 11.1 Å². The standard InChI is InChI=1S/C4H10N2O4S/c5-4(7)1-2-6-3-11(8,9)10/h6H,1-3H2,(H2,5,7)(H,8,9,10). The van der Waals surface area contributed by atoms with Gasteiger partial charge in [0.1, 0.15) is 5.88 Å². The van der Waals surface area contributed by atoms with Crippen molar-refractivity contribution in [2.75, 3.05) is 12.4 Å². The highest BCUT2D eigenvalue weighted by atomic mass is 32.2. The van der Waals surface area contributed by atoms with E-state index in [1.54, 1.807) is 0 Å². The normalized spacial score (nSPS) is 11.4. The molecular formula is C4H10N2O4S. The molecule has 0 aliphatic heterocycles. The highest BCUT2D eigenvalue weighted by molar-refractivity contribution is 7.85. The van der Waals surface area contributed by atoms with Gasteiger partial charge in [0.25, 0.3) is 10.1 Å². The van der Waals surface area contributed by atoms with Crippen LogP contribution in [0.3, 0.4) is 0 Å². The Hall–Kier alpha value is -0.660. The second-order valence-electron chi connectivity index (χ2n) is 1.94. The molecule has 0 aromatic rings. The number of carbonyl (C=O) groups excluding carboxylic acids is 1. The maximum absolute atomic E-state index is 10.1. The monoisotopic (exact) mass is 182 g/mol. The second kappa shape index (κ2) is 4.27. The molecule has 11 heavy (non-hydrogen) atoms. The van der Waals surface area contributed by atoms with Crippen molar-refractivity contribution in [3.8, 4) is 0 Å². The summed E-state index contributed by atoms with van der Waals surface area (Å²) in [5.74, 6) is -1.08. The van der Waals surface area contributed by atoms with Gasteiger partial charge in [-0.25, -0.2) is 0 Å². The van der Waals surface area contributed by atoms with Gasteiger partial charge in [0.05, 0.1) is 0 Å². The van der Waals surface area contributed by atoms with E-state index in [1.165, 1.54) is 0 Å². The van der Waals surface area contributed by atoms with E-state index < -0.39 is 21.9 Å². The Morgan fingerprint density at radius 1 is 1.55 bits per heavy atom. The van der Waals surface area contributed by atoms with Gasteiger partial charge in [-0.15, -0.1) is 0 Å². The van der Waals surface area contributed by atoms with Gasteiger partial charge >= 0.3 is 0 Å². The fraction of sp³-hybridized carbons (Fsp3) is 0.750. The predicted molar refractivity (Wildman–Crippen MR) is 38.2 cm³/mol. The largest absolute Gasteiger partial charge is 0.370 e. The van der Waals surface area contributed by atoms with E-state index in [2.05, 4.69) is 5.32 Å². The number of hydrogen-bond acceptors (Lipinski definition) is 4. The molecule has 0 spiro atoms. The van der Waals surface area contributed by atoms with Gasteiger partial charge in [-0.3, -0.25) is 9.35 Å². The average molecular weight is 182 g/mol. The zero-order valence-corrected chi connectivity index (χ0v) is 6.60. The molecule has 4 N–H and O–H groups in total. The summed E-state index contributed by atoms with van der Waals surface area (Å²) < 4.78 is 28.3. The maximum Gasteiger partial charge on any atom is 0.278 e. The molecule has 7 heteroatoms. The molecule has 1 amide bonds. The molecule has 0 unspecified atom stereocenters. The van der Waals surface area contributed by atoms with Crippen molar-refractivity contribution >= 4 is 16.0 Å². The summed E-state index contributed by atoms with van der Waals surface area (Å²) in [7, 11) is -3.99. The Kier molecular flexibility index (Phi) is 4.01. The lowest BCUT2D eigenvalue weighted by molar-refractivity contribution is -0.117. The van der Waals surface area contributed by atoms with Gasteiger partial charge in [-0.1, -0.05) is 0 Å². The predicted octanol–water partition coefficient (Wildman–Crippen LogP) is -1.70. The summed E-state index contributed by atoms with van der Waals surface area (Å²) in [5.41, 5.74) is 4.75. The minimum atomic E-state index is -3.99. The average Bonchev–Trinajstić information content (AvgIpc) is 1.78. The van der Waals surface area contributed by atoms with Crippen LogP contribution in [0.25, 0.3) is 0 Å². The number of carbonyl (C=O) groups is 1. The quantitative estimate of drug-likeness (QED) is 0.346. The molecule has 0 saturated heterocycles. The second-order valence-corrected chi connectivity index (χ2v) is 3.40. The maximum atomic E-state index is 10.1. The van der Waals surface area contributed by atoms with Gasteiger partial charge in [-0.05, 0) is 0 Å². The first-order chi connectivity index (χ1) is 4.92. The van der Waals surface area contributed by atoms with Gasteiger partial charge in [-0.2, -0.15) is 8.42 Å². The Morgan fingerprint density at radius 3 is 2.45 bits per heavy atom. The van der Waals surface area contributed by atoms with Gasteiger partial charge in [0, 0.05) is 13.0 Å². The molecule has 0 bridgehead atoms. The van der Waals surface area contributed by atoms with Gasteiger partial charge in [0.2, 0.25) is 5.91 Å². The molecule has 0 aliphatic carbocycles. The fourth-order valence-corrected chi connectivity index (χ4v) is 0.815. The van der Waals surface area contributed by atoms with Crippen LogP contribution in [0.2, 0.25) is 0 Å². The number of nitrogens with two attached hydrogens (primary N) is 1. The van der Waals surface area contributed by atoms with Crippen LogP contribution in [-0.4, -0.2) is 31.3 Å². The third-order valence-electron chi connectivity index (χ3n) is 0.833. The zero-order chi connectivity index (χ0) is 8.91. The fourth-order valence-electron chi connectivity index (χ4n) is 0.413. The Labute approximate surface area is 64.5 Å². The van der Waals surface area contributed by atoms with E-state index in [-0.39, 0.29) is 13.0 Å². The Balaban J connectivity index is 3.37. The first kappa shape index (κ1) is 10.3. The number of nitrogens with one attached hydrogen (secondary N) is 1. The first-order valence-corrected chi connectivity index (χ1v) is 4.47. The third kappa shape index (κ3) is 9.34. The van der Waals surface area contributed by atoms with Crippen LogP contribution in [0, 0.1) is 0 Å². The van der Waals surface area contributed by atoms with E-state index in [4.69, 9.17) is 10.3 Å². The lowest BCUT2D eigenvalue weighted by Crippen LogP contribution is -2.26.